The first-order valence-electron chi connectivity index (χ1n) is 5.54. The third-order valence-corrected chi connectivity index (χ3v) is 1.97. The highest BCUT2D eigenvalue weighted by atomic mass is 16.6. The molecular weight excluding hydrogens is 220 g/mol. The predicted molar refractivity (Wildman–Crippen MR) is 61.8 cm³/mol. The third kappa shape index (κ3) is 5.19. The van der Waals surface area contributed by atoms with Crippen LogP contribution in [0, 0.1) is 0 Å². The maximum absolute atomic E-state index is 11.3. The highest BCUT2D eigenvalue weighted by Crippen LogP contribution is 2.06. The van der Waals surface area contributed by atoms with E-state index in [-0.39, 0.29) is 0 Å². The fourth-order valence-electron chi connectivity index (χ4n) is 1.27. The first-order valence-corrected chi connectivity index (χ1v) is 5.54. The summed E-state index contributed by atoms with van der Waals surface area (Å²) >= 11 is 0. The SMILES string of the molecule is CC(C)(C)OC(=O)NCCc1cccc[n+]1O. The molecule has 94 valence electrons. The predicted octanol–water partition coefficient (Wildman–Crippen LogP) is 1.28. The van der Waals surface area contributed by atoms with Crippen LogP contribution in [0.2, 0.25) is 0 Å². The van der Waals surface area contributed by atoms with Crippen LogP contribution in [-0.2, 0) is 11.2 Å². The zero-order valence-electron chi connectivity index (χ0n) is 10.4. The largest absolute Gasteiger partial charge is 0.444 e. The fourth-order valence-corrected chi connectivity index (χ4v) is 1.27. The monoisotopic (exact) mass is 239 g/mol. The Morgan fingerprint density at radius 2 is 2.18 bits per heavy atom. The number of carbonyl (C=O) groups excluding carboxylic acids is 1. The molecule has 1 aromatic heterocycles. The summed E-state index contributed by atoms with van der Waals surface area (Å²) in [7, 11) is 0. The zero-order chi connectivity index (χ0) is 12.9. The molecule has 0 spiro atoms. The summed E-state index contributed by atoms with van der Waals surface area (Å²) in [6.07, 6.45) is 1.64. The van der Waals surface area contributed by atoms with E-state index < -0.39 is 11.7 Å². The average molecular weight is 239 g/mol. The number of rotatable bonds is 3. The molecular formula is C12H19N2O3+. The Bertz CT molecular complexity index is 386. The molecule has 1 rings (SSSR count). The van der Waals surface area contributed by atoms with Gasteiger partial charge in [0.05, 0.1) is 6.42 Å². The van der Waals surface area contributed by atoms with Crippen molar-refractivity contribution < 1.29 is 19.5 Å². The third-order valence-electron chi connectivity index (χ3n) is 1.97. The van der Waals surface area contributed by atoms with Crippen LogP contribution in [0.5, 0.6) is 0 Å². The first kappa shape index (κ1) is 13.3. The molecule has 5 heteroatoms. The molecule has 0 bridgehead atoms. The molecule has 0 aromatic carbocycles. The van der Waals surface area contributed by atoms with E-state index in [0.29, 0.717) is 13.0 Å². The van der Waals surface area contributed by atoms with E-state index in [1.807, 2.05) is 26.8 Å². The van der Waals surface area contributed by atoms with E-state index in [4.69, 9.17) is 4.74 Å². The molecule has 0 aliphatic rings. The Morgan fingerprint density at radius 1 is 1.47 bits per heavy atom. The lowest BCUT2D eigenvalue weighted by Gasteiger charge is -2.19. The summed E-state index contributed by atoms with van der Waals surface area (Å²) in [4.78, 5) is 11.3. The molecule has 0 saturated heterocycles. The van der Waals surface area contributed by atoms with Crippen molar-refractivity contribution in [2.45, 2.75) is 32.8 Å². The van der Waals surface area contributed by atoms with E-state index in [0.717, 1.165) is 10.4 Å². The van der Waals surface area contributed by atoms with Crippen LogP contribution in [0.15, 0.2) is 24.4 Å². The van der Waals surface area contributed by atoms with Crippen LogP contribution in [0.1, 0.15) is 26.5 Å². The van der Waals surface area contributed by atoms with Gasteiger partial charge in [-0.1, -0.05) is 0 Å². The van der Waals surface area contributed by atoms with E-state index in [1.165, 1.54) is 0 Å². The Hall–Kier alpha value is -1.78. The summed E-state index contributed by atoms with van der Waals surface area (Å²) in [5, 5.41) is 12.1. The van der Waals surface area contributed by atoms with Gasteiger partial charge in [-0.3, -0.25) is 5.21 Å². The first-order chi connectivity index (χ1) is 7.88. The van der Waals surface area contributed by atoms with Gasteiger partial charge in [0.25, 0.3) is 0 Å². The van der Waals surface area contributed by atoms with Crippen LogP contribution < -0.4 is 10.0 Å². The maximum Gasteiger partial charge on any atom is 0.407 e. The van der Waals surface area contributed by atoms with E-state index in [9.17, 15) is 10.0 Å². The molecule has 0 unspecified atom stereocenters. The Balaban J connectivity index is 2.34. The lowest BCUT2D eigenvalue weighted by Crippen LogP contribution is -2.38. The van der Waals surface area contributed by atoms with Gasteiger partial charge in [-0.15, -0.1) is 0 Å². The summed E-state index contributed by atoms with van der Waals surface area (Å²) in [5.41, 5.74) is 0.233. The van der Waals surface area contributed by atoms with Crippen LogP contribution in [0.4, 0.5) is 4.79 Å². The van der Waals surface area contributed by atoms with Crippen molar-refractivity contribution in [1.29, 1.82) is 0 Å². The van der Waals surface area contributed by atoms with Crippen LogP contribution in [-0.4, -0.2) is 23.4 Å². The second kappa shape index (κ2) is 5.52. The summed E-state index contributed by atoms with van der Waals surface area (Å²) in [6, 6.07) is 5.34. The quantitative estimate of drug-likeness (QED) is 0.617. The van der Waals surface area contributed by atoms with E-state index in [2.05, 4.69) is 5.32 Å². The standard InChI is InChI=1S/C12H18N2O3/c1-12(2,3)17-11(15)13-8-7-10-6-4-5-9-14(10)16/h4-6,9H,7-8H2,1-3H3,(H-,13,15,16)/p+1. The Kier molecular flexibility index (Phi) is 4.31. The number of hydrogen-bond donors (Lipinski definition) is 2. The summed E-state index contributed by atoms with van der Waals surface area (Å²) < 4.78 is 6.13. The minimum Gasteiger partial charge on any atom is -0.444 e. The minimum atomic E-state index is -0.492. The molecule has 0 fully saturated rings. The lowest BCUT2D eigenvalue weighted by atomic mass is 10.2. The molecule has 17 heavy (non-hydrogen) atoms. The normalized spacial score (nSPS) is 11.0. The number of alkyl carbamates (subject to hydrolysis) is 1. The second-order valence-corrected chi connectivity index (χ2v) is 4.72. The van der Waals surface area contributed by atoms with Crippen molar-refractivity contribution in [3.63, 3.8) is 0 Å². The molecule has 0 saturated carbocycles. The fraction of sp³-hybridized carbons (Fsp3) is 0.500. The van der Waals surface area contributed by atoms with Crippen molar-refractivity contribution in [1.82, 2.24) is 5.32 Å². The Morgan fingerprint density at radius 3 is 2.76 bits per heavy atom. The summed E-state index contributed by atoms with van der Waals surface area (Å²) in [5.74, 6) is 0. The number of hydrogen-bond acceptors (Lipinski definition) is 3. The van der Waals surface area contributed by atoms with Crippen molar-refractivity contribution in [3.05, 3.63) is 30.1 Å². The van der Waals surface area contributed by atoms with Crippen LogP contribution in [0.3, 0.4) is 0 Å². The molecule has 2 N–H and O–H groups in total. The molecule has 0 aliphatic carbocycles. The van der Waals surface area contributed by atoms with Crippen molar-refractivity contribution in [3.8, 4) is 0 Å². The van der Waals surface area contributed by atoms with Crippen LogP contribution in [0.25, 0.3) is 0 Å². The van der Waals surface area contributed by atoms with Gasteiger partial charge in [-0.25, -0.2) is 4.79 Å². The average Bonchev–Trinajstić information content (AvgIpc) is 2.18. The van der Waals surface area contributed by atoms with E-state index in [1.54, 1.807) is 18.3 Å². The van der Waals surface area contributed by atoms with Gasteiger partial charge in [-0.05, 0) is 26.8 Å². The zero-order valence-corrected chi connectivity index (χ0v) is 10.4. The molecule has 0 aliphatic heterocycles. The smallest absolute Gasteiger partial charge is 0.407 e. The molecule has 1 heterocycles. The minimum absolute atomic E-state index is 0.416. The highest BCUT2D eigenvalue weighted by molar-refractivity contribution is 5.67. The van der Waals surface area contributed by atoms with Gasteiger partial charge in [-0.2, -0.15) is 0 Å². The molecule has 0 radical (unpaired) electrons. The number of nitrogens with one attached hydrogen (secondary N) is 1. The molecule has 1 amide bonds. The summed E-state index contributed by atoms with van der Waals surface area (Å²) in [6.45, 7) is 5.85. The highest BCUT2D eigenvalue weighted by Gasteiger charge is 2.16. The number of carbonyl (C=O) groups is 1. The molecule has 0 atom stereocenters. The van der Waals surface area contributed by atoms with Crippen LogP contribution >= 0.6 is 0 Å². The molecule has 5 nitrogen and oxygen atoms in total. The topological polar surface area (TPSA) is 62.4 Å². The number of aromatic nitrogens is 1. The van der Waals surface area contributed by atoms with Crippen molar-refractivity contribution >= 4 is 6.09 Å². The number of nitrogens with zero attached hydrogens (tertiary/aromatic N) is 1. The van der Waals surface area contributed by atoms with Crippen molar-refractivity contribution in [2.24, 2.45) is 0 Å². The molecule has 1 aromatic rings. The maximum atomic E-state index is 11.3. The van der Waals surface area contributed by atoms with Gasteiger partial charge in [0.15, 0.2) is 0 Å². The Labute approximate surface area is 101 Å². The number of ether oxygens (including phenoxy) is 1. The number of amides is 1. The van der Waals surface area contributed by atoms with Gasteiger partial charge >= 0.3 is 6.09 Å². The van der Waals surface area contributed by atoms with Crippen molar-refractivity contribution in [2.75, 3.05) is 6.54 Å². The van der Waals surface area contributed by atoms with Gasteiger partial charge in [0.1, 0.15) is 5.60 Å². The van der Waals surface area contributed by atoms with Gasteiger partial charge < -0.3 is 10.1 Å². The van der Waals surface area contributed by atoms with E-state index >= 15 is 0 Å². The second-order valence-electron chi connectivity index (χ2n) is 4.72. The lowest BCUT2D eigenvalue weighted by molar-refractivity contribution is -0.909. The van der Waals surface area contributed by atoms with Gasteiger partial charge in [0.2, 0.25) is 11.9 Å². The number of pyridine rings is 1. The van der Waals surface area contributed by atoms with Gasteiger partial charge in [0, 0.05) is 23.4 Å².